The fourth-order valence-electron chi connectivity index (χ4n) is 3.04. The van der Waals surface area contributed by atoms with Gasteiger partial charge in [0.25, 0.3) is 5.56 Å². The highest BCUT2D eigenvalue weighted by Crippen LogP contribution is 2.26. The summed E-state index contributed by atoms with van der Waals surface area (Å²) in [5.74, 6) is -0.136. The lowest BCUT2D eigenvalue weighted by molar-refractivity contribution is 0.371. The van der Waals surface area contributed by atoms with E-state index in [0.717, 1.165) is 24.9 Å². The predicted molar refractivity (Wildman–Crippen MR) is 98.3 cm³/mol. The van der Waals surface area contributed by atoms with Gasteiger partial charge in [-0.3, -0.25) is 19.3 Å². The van der Waals surface area contributed by atoms with Crippen LogP contribution in [0.5, 0.6) is 5.88 Å². The minimum Gasteiger partial charge on any atom is -0.494 e. The molecule has 1 heterocycles. The summed E-state index contributed by atoms with van der Waals surface area (Å²) < 4.78 is 1.78. The Kier molecular flexibility index (Phi) is 4.66. The Morgan fingerprint density at radius 2 is 2.17 bits per heavy atom. The number of nitrogens with one attached hydrogen (secondary N) is 1. The van der Waals surface area contributed by atoms with Crippen LogP contribution in [0.15, 0.2) is 28.0 Å². The highest BCUT2D eigenvalue weighted by atomic mass is 32.1. The SMILES string of the molecule is CCC(C)n1c(O)c(C=Nc2ccc3c(c2)CCC3)c(=O)[nH]c1=S. The van der Waals surface area contributed by atoms with Crippen molar-refractivity contribution < 1.29 is 5.11 Å². The van der Waals surface area contributed by atoms with Crippen LogP contribution in [0.1, 0.15) is 49.4 Å². The number of rotatable bonds is 4. The van der Waals surface area contributed by atoms with Crippen molar-refractivity contribution in [1.82, 2.24) is 9.55 Å². The first-order chi connectivity index (χ1) is 11.5. The molecule has 0 saturated heterocycles. The lowest BCUT2D eigenvalue weighted by atomic mass is 10.1. The number of aromatic nitrogens is 2. The molecule has 0 fully saturated rings. The van der Waals surface area contributed by atoms with E-state index in [2.05, 4.69) is 16.0 Å². The number of aromatic hydroxyl groups is 1. The largest absolute Gasteiger partial charge is 0.494 e. The second-order valence-electron chi connectivity index (χ2n) is 6.19. The van der Waals surface area contributed by atoms with Crippen LogP contribution in [0.2, 0.25) is 0 Å². The van der Waals surface area contributed by atoms with Crippen LogP contribution in [0.3, 0.4) is 0 Å². The molecular weight excluding hydrogens is 322 g/mol. The van der Waals surface area contributed by atoms with Crippen molar-refractivity contribution in [3.8, 4) is 5.88 Å². The van der Waals surface area contributed by atoms with E-state index < -0.39 is 5.56 Å². The summed E-state index contributed by atoms with van der Waals surface area (Å²) in [5.41, 5.74) is 3.18. The Balaban J connectivity index is 2.01. The van der Waals surface area contributed by atoms with E-state index in [1.165, 1.54) is 23.8 Å². The molecule has 0 amide bonds. The van der Waals surface area contributed by atoms with E-state index in [4.69, 9.17) is 12.2 Å². The smallest absolute Gasteiger partial charge is 0.264 e. The molecule has 0 bridgehead atoms. The molecule has 0 aliphatic heterocycles. The summed E-state index contributed by atoms with van der Waals surface area (Å²) in [4.78, 5) is 19.1. The molecule has 126 valence electrons. The van der Waals surface area contributed by atoms with E-state index in [9.17, 15) is 9.90 Å². The highest BCUT2D eigenvalue weighted by molar-refractivity contribution is 7.71. The number of fused-ring (bicyclic) bond motifs is 1. The molecule has 1 atom stereocenters. The van der Waals surface area contributed by atoms with Crippen molar-refractivity contribution in [2.24, 2.45) is 4.99 Å². The maximum atomic E-state index is 12.1. The lowest BCUT2D eigenvalue weighted by Gasteiger charge is -2.16. The molecule has 3 rings (SSSR count). The summed E-state index contributed by atoms with van der Waals surface area (Å²) in [6, 6.07) is 6.07. The van der Waals surface area contributed by atoms with Gasteiger partial charge in [-0.1, -0.05) is 13.0 Å². The van der Waals surface area contributed by atoms with Gasteiger partial charge in [0.1, 0.15) is 5.56 Å². The lowest BCUT2D eigenvalue weighted by Crippen LogP contribution is -2.20. The number of hydrogen-bond donors (Lipinski definition) is 2. The van der Waals surface area contributed by atoms with Crippen molar-refractivity contribution in [3.63, 3.8) is 0 Å². The van der Waals surface area contributed by atoms with Gasteiger partial charge in [0, 0.05) is 12.3 Å². The van der Waals surface area contributed by atoms with E-state index in [1.807, 2.05) is 26.0 Å². The van der Waals surface area contributed by atoms with Crippen LogP contribution < -0.4 is 5.56 Å². The van der Waals surface area contributed by atoms with Crippen LogP contribution in [0.25, 0.3) is 0 Å². The summed E-state index contributed by atoms with van der Waals surface area (Å²) in [6.07, 6.45) is 5.57. The summed E-state index contributed by atoms with van der Waals surface area (Å²) in [6.45, 7) is 3.94. The molecule has 5 nitrogen and oxygen atoms in total. The van der Waals surface area contributed by atoms with Crippen molar-refractivity contribution in [1.29, 1.82) is 0 Å². The second kappa shape index (κ2) is 6.73. The minimum atomic E-state index is -0.429. The quantitative estimate of drug-likeness (QED) is 0.655. The molecule has 2 aromatic rings. The first kappa shape index (κ1) is 16.6. The van der Waals surface area contributed by atoms with E-state index in [1.54, 1.807) is 4.57 Å². The highest BCUT2D eigenvalue weighted by Gasteiger charge is 2.15. The molecule has 1 aromatic heterocycles. The zero-order valence-corrected chi connectivity index (χ0v) is 14.7. The van der Waals surface area contributed by atoms with Crippen LogP contribution in [0, 0.1) is 4.77 Å². The number of hydrogen-bond acceptors (Lipinski definition) is 4. The number of aromatic amines is 1. The molecule has 1 aliphatic rings. The Morgan fingerprint density at radius 1 is 1.42 bits per heavy atom. The van der Waals surface area contributed by atoms with E-state index in [0.29, 0.717) is 0 Å². The molecule has 0 saturated carbocycles. The first-order valence-electron chi connectivity index (χ1n) is 8.25. The molecular formula is C18H21N3O2S. The maximum absolute atomic E-state index is 12.1. The molecule has 2 N–H and O–H groups in total. The second-order valence-corrected chi connectivity index (χ2v) is 6.58. The van der Waals surface area contributed by atoms with Gasteiger partial charge in [-0.15, -0.1) is 0 Å². The summed E-state index contributed by atoms with van der Waals surface area (Å²) in [7, 11) is 0. The molecule has 1 unspecified atom stereocenters. The van der Waals surface area contributed by atoms with Crippen LogP contribution >= 0.6 is 12.2 Å². The fraction of sp³-hybridized carbons (Fsp3) is 0.389. The normalized spacial score (nSPS) is 14.9. The van der Waals surface area contributed by atoms with Gasteiger partial charge in [-0.2, -0.15) is 0 Å². The number of H-pyrrole nitrogens is 1. The maximum Gasteiger partial charge on any atom is 0.264 e. The average molecular weight is 343 g/mol. The van der Waals surface area contributed by atoms with Gasteiger partial charge in [0.05, 0.1) is 5.69 Å². The zero-order valence-electron chi connectivity index (χ0n) is 13.9. The number of nitrogens with zero attached hydrogens (tertiary/aromatic N) is 2. The Labute approximate surface area is 145 Å². The van der Waals surface area contributed by atoms with E-state index in [-0.39, 0.29) is 22.3 Å². The Bertz CT molecular complexity index is 911. The Hall–Kier alpha value is -2.21. The molecule has 1 aliphatic carbocycles. The number of aliphatic imine (C=N–C) groups is 1. The fourth-order valence-corrected chi connectivity index (χ4v) is 3.40. The van der Waals surface area contributed by atoms with Crippen molar-refractivity contribution in [3.05, 3.63) is 50.0 Å². The third-order valence-corrected chi connectivity index (χ3v) is 4.91. The monoisotopic (exact) mass is 343 g/mol. The third-order valence-electron chi connectivity index (χ3n) is 4.61. The molecule has 0 radical (unpaired) electrons. The van der Waals surface area contributed by atoms with Gasteiger partial charge >= 0.3 is 0 Å². The summed E-state index contributed by atoms with van der Waals surface area (Å²) in [5, 5.41) is 10.5. The topological polar surface area (TPSA) is 70.4 Å². The standard InChI is InChI=1S/C18H21N3O2S/c1-3-11(2)21-17(23)15(16(22)20-18(21)24)10-19-14-8-7-12-5-4-6-13(12)9-14/h7-11,23H,3-6H2,1-2H3,(H,20,22,24). The molecule has 0 spiro atoms. The zero-order chi connectivity index (χ0) is 17.3. The van der Waals surface area contributed by atoms with Crippen molar-refractivity contribution in [2.45, 2.75) is 45.6 Å². The van der Waals surface area contributed by atoms with Gasteiger partial charge in [0.15, 0.2) is 4.77 Å². The predicted octanol–water partition coefficient (Wildman–Crippen LogP) is 3.82. The van der Waals surface area contributed by atoms with Gasteiger partial charge in [-0.05, 0) is 68.1 Å². The van der Waals surface area contributed by atoms with Crippen molar-refractivity contribution >= 4 is 24.1 Å². The van der Waals surface area contributed by atoms with Gasteiger partial charge in [0.2, 0.25) is 5.88 Å². The molecule has 24 heavy (non-hydrogen) atoms. The van der Waals surface area contributed by atoms with Crippen LogP contribution in [-0.4, -0.2) is 20.9 Å². The van der Waals surface area contributed by atoms with Gasteiger partial charge in [-0.25, -0.2) is 0 Å². The van der Waals surface area contributed by atoms with Crippen molar-refractivity contribution in [2.75, 3.05) is 0 Å². The van der Waals surface area contributed by atoms with Gasteiger partial charge < -0.3 is 5.11 Å². The summed E-state index contributed by atoms with van der Waals surface area (Å²) >= 11 is 5.16. The number of aryl methyl sites for hydroxylation is 2. The Morgan fingerprint density at radius 3 is 2.92 bits per heavy atom. The first-order valence-corrected chi connectivity index (χ1v) is 8.65. The van der Waals surface area contributed by atoms with Crippen LogP contribution in [0.4, 0.5) is 5.69 Å². The molecule has 1 aromatic carbocycles. The van der Waals surface area contributed by atoms with E-state index >= 15 is 0 Å². The van der Waals surface area contributed by atoms with Crippen LogP contribution in [-0.2, 0) is 12.8 Å². The minimum absolute atomic E-state index is 0.0125. The molecule has 6 heteroatoms. The number of benzene rings is 1. The third kappa shape index (κ3) is 3.06. The average Bonchev–Trinajstić information content (AvgIpc) is 3.01.